The zero-order chi connectivity index (χ0) is 16.9. The van der Waals surface area contributed by atoms with Crippen LogP contribution < -0.4 is 5.32 Å². The van der Waals surface area contributed by atoms with Crippen molar-refractivity contribution in [3.8, 4) is 0 Å². The summed E-state index contributed by atoms with van der Waals surface area (Å²) in [7, 11) is 0. The van der Waals surface area contributed by atoms with Gasteiger partial charge in [0.1, 0.15) is 11.9 Å². The van der Waals surface area contributed by atoms with Crippen LogP contribution in [0.2, 0.25) is 0 Å². The second-order valence-corrected chi connectivity index (χ2v) is 4.72. The van der Waals surface area contributed by atoms with E-state index in [1.165, 1.54) is 0 Å². The highest BCUT2D eigenvalue weighted by atomic mass is 16.6. The summed E-state index contributed by atoms with van der Waals surface area (Å²) in [4.78, 5) is 22.0. The molecule has 4 nitrogen and oxygen atoms in total. The second-order valence-electron chi connectivity index (χ2n) is 4.72. The van der Waals surface area contributed by atoms with Crippen molar-refractivity contribution in [1.29, 1.82) is 0 Å². The number of benzene rings is 1. The first-order valence-electron chi connectivity index (χ1n) is 7.42. The number of hydrogen-bond donors (Lipinski definition) is 1. The molecule has 1 rings (SSSR count). The van der Waals surface area contributed by atoms with Gasteiger partial charge in [-0.1, -0.05) is 45.9 Å². The molecule has 0 unspecified atom stereocenters. The number of hydrogen-bond acceptors (Lipinski definition) is 3. The average Bonchev–Trinajstić information content (AvgIpc) is 2.48. The van der Waals surface area contributed by atoms with Gasteiger partial charge in [0.25, 0.3) is 0 Å². The van der Waals surface area contributed by atoms with E-state index in [9.17, 15) is 9.59 Å². The Morgan fingerprint density at radius 3 is 2.24 bits per heavy atom. The first kappa shape index (κ1) is 21.5. The maximum atomic E-state index is 11.4. The molecule has 120 valence electrons. The SMILES string of the molecule is CC.CC.CC(C)(C)OC(=O)NCc1cccc(C=O)c1. The Labute approximate surface area is 128 Å². The number of carbonyl (C=O) groups excluding carboxylic acids is 2. The van der Waals surface area contributed by atoms with Gasteiger partial charge in [-0.2, -0.15) is 0 Å². The highest BCUT2D eigenvalue weighted by Crippen LogP contribution is 2.07. The quantitative estimate of drug-likeness (QED) is 0.831. The Morgan fingerprint density at radius 1 is 1.19 bits per heavy atom. The molecule has 0 aliphatic heterocycles. The van der Waals surface area contributed by atoms with Crippen LogP contribution in [0.5, 0.6) is 0 Å². The van der Waals surface area contributed by atoms with E-state index in [1.54, 1.807) is 39.0 Å². The fourth-order valence-electron chi connectivity index (χ4n) is 1.26. The van der Waals surface area contributed by atoms with Crippen molar-refractivity contribution in [3.05, 3.63) is 35.4 Å². The van der Waals surface area contributed by atoms with Gasteiger partial charge in [0.15, 0.2) is 0 Å². The van der Waals surface area contributed by atoms with Crippen LogP contribution in [0.25, 0.3) is 0 Å². The van der Waals surface area contributed by atoms with Gasteiger partial charge in [0.2, 0.25) is 0 Å². The highest BCUT2D eigenvalue weighted by Gasteiger charge is 2.15. The first-order valence-corrected chi connectivity index (χ1v) is 7.42. The molecule has 0 atom stereocenters. The molecule has 0 heterocycles. The minimum atomic E-state index is -0.505. The minimum Gasteiger partial charge on any atom is -0.444 e. The van der Waals surface area contributed by atoms with E-state index in [2.05, 4.69) is 5.32 Å². The standard InChI is InChI=1S/C13H17NO3.2C2H6/c1-13(2,3)17-12(16)14-8-10-5-4-6-11(7-10)9-15;2*1-2/h4-7,9H,8H2,1-3H3,(H,14,16);2*1-2H3. The predicted octanol–water partition coefficient (Wildman–Crippen LogP) is 4.58. The van der Waals surface area contributed by atoms with Crippen LogP contribution in [-0.2, 0) is 11.3 Å². The smallest absolute Gasteiger partial charge is 0.407 e. The van der Waals surface area contributed by atoms with Crippen LogP contribution in [0.3, 0.4) is 0 Å². The third-order valence-electron chi connectivity index (χ3n) is 1.92. The fraction of sp³-hybridized carbons (Fsp3) is 0.529. The van der Waals surface area contributed by atoms with Crippen molar-refractivity contribution >= 4 is 12.4 Å². The molecule has 0 saturated carbocycles. The van der Waals surface area contributed by atoms with E-state index in [0.717, 1.165) is 11.8 Å². The molecule has 0 aliphatic carbocycles. The number of alkyl carbamates (subject to hydrolysis) is 1. The van der Waals surface area contributed by atoms with Gasteiger partial charge in [-0.25, -0.2) is 4.79 Å². The summed E-state index contributed by atoms with van der Waals surface area (Å²) in [6.07, 6.45) is 0.311. The van der Waals surface area contributed by atoms with Crippen LogP contribution in [-0.4, -0.2) is 18.0 Å². The van der Waals surface area contributed by atoms with E-state index in [0.29, 0.717) is 12.1 Å². The summed E-state index contributed by atoms with van der Waals surface area (Å²) in [5, 5.41) is 2.63. The monoisotopic (exact) mass is 295 g/mol. The Hall–Kier alpha value is -1.84. The van der Waals surface area contributed by atoms with E-state index < -0.39 is 11.7 Å². The molecule has 0 radical (unpaired) electrons. The van der Waals surface area contributed by atoms with Crippen LogP contribution in [0.1, 0.15) is 64.4 Å². The number of nitrogens with one attached hydrogen (secondary N) is 1. The van der Waals surface area contributed by atoms with Crippen molar-refractivity contribution < 1.29 is 14.3 Å². The maximum absolute atomic E-state index is 11.4. The number of ether oxygens (including phenoxy) is 1. The summed E-state index contributed by atoms with van der Waals surface area (Å²) < 4.78 is 5.10. The molecule has 21 heavy (non-hydrogen) atoms. The molecule has 1 aromatic carbocycles. The number of rotatable bonds is 3. The topological polar surface area (TPSA) is 55.4 Å². The van der Waals surface area contributed by atoms with E-state index >= 15 is 0 Å². The van der Waals surface area contributed by atoms with E-state index in [1.807, 2.05) is 33.8 Å². The lowest BCUT2D eigenvalue weighted by Gasteiger charge is -2.19. The minimum absolute atomic E-state index is 0.344. The largest absolute Gasteiger partial charge is 0.444 e. The van der Waals surface area contributed by atoms with Gasteiger partial charge < -0.3 is 10.1 Å². The van der Waals surface area contributed by atoms with Gasteiger partial charge in [-0.05, 0) is 32.4 Å². The van der Waals surface area contributed by atoms with Crippen LogP contribution in [0, 0.1) is 0 Å². The van der Waals surface area contributed by atoms with Crippen LogP contribution in [0.15, 0.2) is 24.3 Å². The molecule has 0 saturated heterocycles. The molecule has 1 amide bonds. The Balaban J connectivity index is 0. The van der Waals surface area contributed by atoms with Crippen molar-refractivity contribution in [1.82, 2.24) is 5.32 Å². The van der Waals surface area contributed by atoms with Crippen LogP contribution in [0.4, 0.5) is 4.79 Å². The molecular formula is C17H29NO3. The number of aldehydes is 1. The third-order valence-corrected chi connectivity index (χ3v) is 1.92. The molecule has 0 spiro atoms. The zero-order valence-corrected chi connectivity index (χ0v) is 14.3. The summed E-state index contributed by atoms with van der Waals surface area (Å²) >= 11 is 0. The van der Waals surface area contributed by atoms with Gasteiger partial charge in [-0.3, -0.25) is 4.79 Å². The van der Waals surface area contributed by atoms with Gasteiger partial charge in [-0.15, -0.1) is 0 Å². The fourth-order valence-corrected chi connectivity index (χ4v) is 1.26. The van der Waals surface area contributed by atoms with Crippen molar-refractivity contribution in [2.45, 2.75) is 60.6 Å². The van der Waals surface area contributed by atoms with Gasteiger partial charge >= 0.3 is 6.09 Å². The molecule has 4 heteroatoms. The van der Waals surface area contributed by atoms with E-state index in [4.69, 9.17) is 4.74 Å². The molecule has 0 bridgehead atoms. The normalized spacial score (nSPS) is 9.29. The third kappa shape index (κ3) is 11.7. The number of carbonyl (C=O) groups is 2. The molecule has 1 N–H and O–H groups in total. The van der Waals surface area contributed by atoms with Gasteiger partial charge in [0, 0.05) is 12.1 Å². The van der Waals surface area contributed by atoms with Crippen molar-refractivity contribution in [2.24, 2.45) is 0 Å². The lowest BCUT2D eigenvalue weighted by Crippen LogP contribution is -2.32. The Bertz CT molecular complexity index is 409. The zero-order valence-electron chi connectivity index (χ0n) is 14.3. The maximum Gasteiger partial charge on any atom is 0.407 e. The molecule has 0 aliphatic rings. The first-order chi connectivity index (χ1) is 9.90. The summed E-state index contributed by atoms with van der Waals surface area (Å²) in [6.45, 7) is 13.8. The summed E-state index contributed by atoms with van der Waals surface area (Å²) in [5.41, 5.74) is 0.947. The van der Waals surface area contributed by atoms with E-state index in [-0.39, 0.29) is 0 Å². The average molecular weight is 295 g/mol. The van der Waals surface area contributed by atoms with Crippen molar-refractivity contribution in [2.75, 3.05) is 0 Å². The molecule has 0 fully saturated rings. The summed E-state index contributed by atoms with van der Waals surface area (Å²) in [5.74, 6) is 0. The molecule has 0 aromatic heterocycles. The predicted molar refractivity (Wildman–Crippen MR) is 87.6 cm³/mol. The highest BCUT2D eigenvalue weighted by molar-refractivity contribution is 5.75. The van der Waals surface area contributed by atoms with Gasteiger partial charge in [0.05, 0.1) is 0 Å². The summed E-state index contributed by atoms with van der Waals surface area (Å²) in [6, 6.07) is 7.05. The van der Waals surface area contributed by atoms with Crippen molar-refractivity contribution in [3.63, 3.8) is 0 Å². The second kappa shape index (κ2) is 11.9. The molecule has 1 aromatic rings. The Morgan fingerprint density at radius 2 is 1.76 bits per heavy atom. The lowest BCUT2D eigenvalue weighted by molar-refractivity contribution is 0.0523. The van der Waals surface area contributed by atoms with Crippen LogP contribution >= 0.6 is 0 Å². The molecular weight excluding hydrogens is 266 g/mol. The lowest BCUT2D eigenvalue weighted by atomic mass is 10.1. The Kier molecular flexibility index (Phi) is 12.2. The number of amides is 1.